The van der Waals surface area contributed by atoms with Crippen molar-refractivity contribution in [2.24, 2.45) is 0 Å². The summed E-state index contributed by atoms with van der Waals surface area (Å²) in [5, 5.41) is 5.63. The third-order valence-corrected chi connectivity index (χ3v) is 8.04. The van der Waals surface area contributed by atoms with Crippen LogP contribution < -0.4 is 10.6 Å². The Labute approximate surface area is 185 Å². The fourth-order valence-corrected chi connectivity index (χ4v) is 5.84. The van der Waals surface area contributed by atoms with Gasteiger partial charge >= 0.3 is 0 Å². The molecule has 2 aromatic carbocycles. The molecule has 0 atom stereocenters. The molecule has 10 heteroatoms. The van der Waals surface area contributed by atoms with Gasteiger partial charge in [0.15, 0.2) is 0 Å². The third-order valence-electron chi connectivity index (χ3n) is 5.13. The summed E-state index contributed by atoms with van der Waals surface area (Å²) in [6, 6.07) is 12.4. The predicted molar refractivity (Wildman–Crippen MR) is 118 cm³/mol. The summed E-state index contributed by atoms with van der Waals surface area (Å²) in [6.45, 7) is 1.71. The van der Waals surface area contributed by atoms with E-state index in [1.54, 1.807) is 24.3 Å². The van der Waals surface area contributed by atoms with E-state index in [0.29, 0.717) is 48.9 Å². The number of nitrogens with zero attached hydrogens (tertiary/aromatic N) is 1. The van der Waals surface area contributed by atoms with Crippen LogP contribution in [0.25, 0.3) is 0 Å². The highest BCUT2D eigenvalue weighted by atomic mass is 32.2. The normalized spacial score (nSPS) is 17.0. The maximum absolute atomic E-state index is 12.8. The molecule has 2 aliphatic rings. The fraction of sp³-hybridized carbons (Fsp3) is 0.333. The van der Waals surface area contributed by atoms with Gasteiger partial charge in [0.05, 0.1) is 30.4 Å². The molecule has 2 N–H and O–H groups in total. The number of carbonyl (C=O) groups excluding carboxylic acids is 2. The van der Waals surface area contributed by atoms with Gasteiger partial charge in [0.25, 0.3) is 5.91 Å². The Bertz CT molecular complexity index is 1100. The number of ether oxygens (including phenoxy) is 1. The molecule has 2 heterocycles. The summed E-state index contributed by atoms with van der Waals surface area (Å²) < 4.78 is 32.2. The Balaban J connectivity index is 1.44. The maximum atomic E-state index is 12.8. The highest BCUT2D eigenvalue weighted by molar-refractivity contribution is 8.00. The van der Waals surface area contributed by atoms with Crippen molar-refractivity contribution < 1.29 is 22.7 Å². The number of anilines is 1. The second-order valence-electron chi connectivity index (χ2n) is 7.27. The zero-order valence-electron chi connectivity index (χ0n) is 16.8. The Kier molecular flexibility index (Phi) is 6.61. The third kappa shape index (κ3) is 5.27. The van der Waals surface area contributed by atoms with Crippen molar-refractivity contribution in [3.8, 4) is 0 Å². The number of fused-ring (bicyclic) bond motifs is 1. The molecule has 0 radical (unpaired) electrons. The number of rotatable bonds is 6. The topological polar surface area (TPSA) is 105 Å². The van der Waals surface area contributed by atoms with E-state index in [4.69, 9.17) is 4.74 Å². The summed E-state index contributed by atoms with van der Waals surface area (Å²) in [6.07, 6.45) is 0. The van der Waals surface area contributed by atoms with Crippen LogP contribution in [0.4, 0.5) is 5.69 Å². The molecule has 4 rings (SSSR count). The minimum absolute atomic E-state index is 0.0922. The van der Waals surface area contributed by atoms with Gasteiger partial charge in [0.2, 0.25) is 15.9 Å². The van der Waals surface area contributed by atoms with Crippen molar-refractivity contribution in [1.82, 2.24) is 9.62 Å². The summed E-state index contributed by atoms with van der Waals surface area (Å²) in [5.74, 6) is -0.145. The van der Waals surface area contributed by atoms with Crippen LogP contribution in [0.3, 0.4) is 0 Å². The fourth-order valence-electron chi connectivity index (χ4n) is 3.49. The Morgan fingerprint density at radius 1 is 1.13 bits per heavy atom. The average Bonchev–Trinajstić information content (AvgIpc) is 2.78. The minimum Gasteiger partial charge on any atom is -0.379 e. The van der Waals surface area contributed by atoms with Crippen LogP contribution in [-0.4, -0.2) is 56.6 Å². The second-order valence-corrected chi connectivity index (χ2v) is 10.3. The van der Waals surface area contributed by atoms with Gasteiger partial charge in [-0.3, -0.25) is 9.59 Å². The molecule has 164 valence electrons. The molecule has 8 nitrogen and oxygen atoms in total. The van der Waals surface area contributed by atoms with Crippen molar-refractivity contribution in [3.63, 3.8) is 0 Å². The molecule has 0 saturated carbocycles. The van der Waals surface area contributed by atoms with Crippen molar-refractivity contribution in [3.05, 3.63) is 59.2 Å². The number of hydrogen-bond donors (Lipinski definition) is 2. The lowest BCUT2D eigenvalue weighted by Gasteiger charge is -2.26. The zero-order valence-corrected chi connectivity index (χ0v) is 18.4. The number of carbonyl (C=O) groups is 2. The lowest BCUT2D eigenvalue weighted by molar-refractivity contribution is -0.113. The number of nitrogens with one attached hydrogen (secondary N) is 2. The summed E-state index contributed by atoms with van der Waals surface area (Å²) in [4.78, 5) is 25.2. The summed E-state index contributed by atoms with van der Waals surface area (Å²) in [5.41, 5.74) is 2.46. The molecular weight excluding hydrogens is 438 g/mol. The minimum atomic E-state index is -3.47. The highest BCUT2D eigenvalue weighted by Crippen LogP contribution is 2.32. The van der Waals surface area contributed by atoms with Gasteiger partial charge in [-0.05, 0) is 29.3 Å². The van der Waals surface area contributed by atoms with Crippen LogP contribution in [0.2, 0.25) is 0 Å². The molecule has 0 aromatic heterocycles. The van der Waals surface area contributed by atoms with Crippen LogP contribution in [0, 0.1) is 0 Å². The van der Waals surface area contributed by atoms with E-state index >= 15 is 0 Å². The van der Waals surface area contributed by atoms with Crippen LogP contribution in [-0.2, 0) is 31.9 Å². The standard InChI is InChI=1S/C21H23N3O5S2/c25-20-13-30-19-6-5-15(11-18(19)23-20)21(26)22-12-16-3-1-2-4-17(16)14-31(27,28)24-7-9-29-10-8-24/h1-6,11H,7-10,12-14H2,(H,22,26)(H,23,25). The molecule has 0 spiro atoms. The lowest BCUT2D eigenvalue weighted by atomic mass is 10.1. The second kappa shape index (κ2) is 9.39. The first-order valence-electron chi connectivity index (χ1n) is 9.90. The van der Waals surface area contributed by atoms with Gasteiger partial charge in [0.1, 0.15) is 0 Å². The van der Waals surface area contributed by atoms with Crippen molar-refractivity contribution in [1.29, 1.82) is 0 Å². The first kappa shape index (κ1) is 21.8. The molecule has 1 saturated heterocycles. The molecule has 2 aliphatic heterocycles. The quantitative estimate of drug-likeness (QED) is 0.680. The van der Waals surface area contributed by atoms with E-state index in [0.717, 1.165) is 10.5 Å². The first-order valence-corrected chi connectivity index (χ1v) is 12.5. The maximum Gasteiger partial charge on any atom is 0.251 e. The van der Waals surface area contributed by atoms with E-state index in [1.807, 2.05) is 18.2 Å². The number of morpholine rings is 1. The lowest BCUT2D eigenvalue weighted by Crippen LogP contribution is -2.41. The van der Waals surface area contributed by atoms with E-state index < -0.39 is 10.0 Å². The molecule has 2 amide bonds. The van der Waals surface area contributed by atoms with Gasteiger partial charge in [0, 0.05) is 30.1 Å². The average molecular weight is 462 g/mol. The van der Waals surface area contributed by atoms with Crippen molar-refractivity contribution in [2.45, 2.75) is 17.2 Å². The van der Waals surface area contributed by atoms with Crippen LogP contribution >= 0.6 is 11.8 Å². The summed E-state index contributed by atoms with van der Waals surface area (Å²) >= 11 is 1.43. The van der Waals surface area contributed by atoms with Crippen LogP contribution in [0.1, 0.15) is 21.5 Å². The SMILES string of the molecule is O=C1CSc2ccc(C(=O)NCc3ccccc3CS(=O)(=O)N3CCOCC3)cc2N1. The predicted octanol–water partition coefficient (Wildman–Crippen LogP) is 1.82. The van der Waals surface area contributed by atoms with Crippen molar-refractivity contribution in [2.75, 3.05) is 37.4 Å². The van der Waals surface area contributed by atoms with Gasteiger partial charge in [-0.15, -0.1) is 11.8 Å². The molecule has 1 fully saturated rings. The van der Waals surface area contributed by atoms with Gasteiger partial charge in [-0.25, -0.2) is 8.42 Å². The molecule has 0 unspecified atom stereocenters. The van der Waals surface area contributed by atoms with E-state index in [9.17, 15) is 18.0 Å². The van der Waals surface area contributed by atoms with Crippen molar-refractivity contribution >= 4 is 39.3 Å². The van der Waals surface area contributed by atoms with Gasteiger partial charge in [-0.1, -0.05) is 24.3 Å². The molecule has 31 heavy (non-hydrogen) atoms. The van der Waals surface area contributed by atoms with Crippen LogP contribution in [0.15, 0.2) is 47.4 Å². The Hall–Kier alpha value is -2.40. The largest absolute Gasteiger partial charge is 0.379 e. The first-order chi connectivity index (χ1) is 14.9. The smallest absolute Gasteiger partial charge is 0.251 e. The van der Waals surface area contributed by atoms with E-state index in [-0.39, 0.29) is 24.1 Å². The molecular formula is C21H23N3O5S2. The molecule has 0 bridgehead atoms. The number of hydrogen-bond acceptors (Lipinski definition) is 6. The van der Waals surface area contributed by atoms with E-state index in [1.165, 1.54) is 16.1 Å². The number of sulfonamides is 1. The molecule has 0 aliphatic carbocycles. The Morgan fingerprint density at radius 3 is 2.65 bits per heavy atom. The zero-order chi connectivity index (χ0) is 21.8. The number of thioether (sulfide) groups is 1. The van der Waals surface area contributed by atoms with Crippen LogP contribution in [0.5, 0.6) is 0 Å². The number of amides is 2. The Morgan fingerprint density at radius 2 is 1.87 bits per heavy atom. The monoisotopic (exact) mass is 461 g/mol. The summed E-state index contributed by atoms with van der Waals surface area (Å²) in [7, 11) is -3.47. The highest BCUT2D eigenvalue weighted by Gasteiger charge is 2.25. The van der Waals surface area contributed by atoms with Gasteiger partial charge in [-0.2, -0.15) is 4.31 Å². The number of benzene rings is 2. The van der Waals surface area contributed by atoms with Gasteiger partial charge < -0.3 is 15.4 Å². The van der Waals surface area contributed by atoms with E-state index in [2.05, 4.69) is 10.6 Å². The molecule has 2 aromatic rings.